The number of ketones is 1. The summed E-state index contributed by atoms with van der Waals surface area (Å²) < 4.78 is 38.8. The van der Waals surface area contributed by atoms with Crippen LogP contribution in [-0.4, -0.2) is 5.78 Å². The molecule has 1 nitrogen and oxygen atoms in total. The number of alkyl halides is 3. The highest BCUT2D eigenvalue weighted by Crippen LogP contribution is 2.31. The molecule has 2 rings (SSSR count). The molecule has 21 heavy (non-hydrogen) atoms. The van der Waals surface area contributed by atoms with Gasteiger partial charge in [0, 0.05) is 12.0 Å². The Morgan fingerprint density at radius 2 is 1.67 bits per heavy atom. The van der Waals surface area contributed by atoms with Crippen molar-refractivity contribution < 1.29 is 18.0 Å². The van der Waals surface area contributed by atoms with E-state index in [0.29, 0.717) is 12.0 Å². The fourth-order valence-corrected chi connectivity index (χ4v) is 2.15. The summed E-state index contributed by atoms with van der Waals surface area (Å²) in [6.45, 7) is 1.64. The van der Waals surface area contributed by atoms with Gasteiger partial charge in [0.25, 0.3) is 0 Å². The van der Waals surface area contributed by atoms with Crippen molar-refractivity contribution in [2.75, 3.05) is 0 Å². The Bertz CT molecular complexity index is 630. The molecule has 0 spiro atoms. The van der Waals surface area contributed by atoms with Crippen molar-refractivity contribution in [1.82, 2.24) is 0 Å². The van der Waals surface area contributed by atoms with E-state index in [1.807, 2.05) is 30.3 Å². The van der Waals surface area contributed by atoms with Crippen LogP contribution in [0.25, 0.3) is 0 Å². The molecule has 0 unspecified atom stereocenters. The van der Waals surface area contributed by atoms with Crippen LogP contribution in [0, 0.1) is 0 Å². The van der Waals surface area contributed by atoms with Crippen molar-refractivity contribution >= 4 is 5.78 Å². The summed E-state index contributed by atoms with van der Waals surface area (Å²) in [5.74, 6) is -0.282. The molecule has 0 radical (unpaired) electrons. The molecular weight excluding hydrogens is 277 g/mol. The van der Waals surface area contributed by atoms with E-state index in [9.17, 15) is 18.0 Å². The van der Waals surface area contributed by atoms with Gasteiger partial charge in [0.2, 0.25) is 0 Å². The topological polar surface area (TPSA) is 17.1 Å². The summed E-state index contributed by atoms with van der Waals surface area (Å²) in [4.78, 5) is 11.7. The minimum absolute atomic E-state index is 0.123. The standard InChI is InChI=1S/C17H15F3O/c1-2-16(21)14-9-13(8-12-6-4-3-5-7-12)10-15(11-14)17(18,19)20/h3-7,9-11H,2,8H2,1H3. The summed E-state index contributed by atoms with van der Waals surface area (Å²) in [5.41, 5.74) is 0.755. The zero-order valence-electron chi connectivity index (χ0n) is 11.6. The van der Waals surface area contributed by atoms with Gasteiger partial charge in [-0.2, -0.15) is 13.2 Å². The number of hydrogen-bond donors (Lipinski definition) is 0. The van der Waals surface area contributed by atoms with Gasteiger partial charge in [-0.05, 0) is 35.7 Å². The maximum absolute atomic E-state index is 12.9. The Hall–Kier alpha value is -2.10. The zero-order valence-corrected chi connectivity index (χ0v) is 11.6. The fourth-order valence-electron chi connectivity index (χ4n) is 2.15. The van der Waals surface area contributed by atoms with Crippen molar-refractivity contribution in [2.24, 2.45) is 0 Å². The lowest BCUT2D eigenvalue weighted by Crippen LogP contribution is -2.09. The molecule has 0 aliphatic carbocycles. The maximum Gasteiger partial charge on any atom is 0.416 e. The molecule has 0 heterocycles. The molecule has 0 bridgehead atoms. The lowest BCUT2D eigenvalue weighted by atomic mass is 9.97. The SMILES string of the molecule is CCC(=O)c1cc(Cc2ccccc2)cc(C(F)(F)F)c1. The van der Waals surface area contributed by atoms with Crippen LogP contribution in [-0.2, 0) is 12.6 Å². The molecule has 2 aromatic carbocycles. The number of hydrogen-bond acceptors (Lipinski definition) is 1. The fraction of sp³-hybridized carbons (Fsp3) is 0.235. The lowest BCUT2D eigenvalue weighted by Gasteiger charge is -2.12. The Morgan fingerprint density at radius 3 is 2.24 bits per heavy atom. The van der Waals surface area contributed by atoms with Gasteiger partial charge in [-0.1, -0.05) is 37.3 Å². The van der Waals surface area contributed by atoms with Crippen LogP contribution in [0.5, 0.6) is 0 Å². The monoisotopic (exact) mass is 292 g/mol. The Morgan fingerprint density at radius 1 is 1.00 bits per heavy atom. The first kappa shape index (κ1) is 15.3. The third-order valence-electron chi connectivity index (χ3n) is 3.21. The molecule has 0 atom stereocenters. The molecular formula is C17H15F3O. The van der Waals surface area contributed by atoms with Gasteiger partial charge in [0.15, 0.2) is 5.78 Å². The average Bonchev–Trinajstić information content (AvgIpc) is 2.46. The highest BCUT2D eigenvalue weighted by Gasteiger charge is 2.31. The van der Waals surface area contributed by atoms with Crippen molar-refractivity contribution in [2.45, 2.75) is 25.9 Å². The minimum atomic E-state index is -4.45. The van der Waals surface area contributed by atoms with Crippen molar-refractivity contribution in [1.29, 1.82) is 0 Å². The Kier molecular flexibility index (Phi) is 4.46. The molecule has 0 amide bonds. The van der Waals surface area contributed by atoms with E-state index in [1.54, 1.807) is 13.0 Å². The van der Waals surface area contributed by atoms with Gasteiger partial charge in [0.1, 0.15) is 0 Å². The van der Waals surface area contributed by atoms with E-state index in [2.05, 4.69) is 0 Å². The van der Waals surface area contributed by atoms with Gasteiger partial charge in [-0.15, -0.1) is 0 Å². The highest BCUT2D eigenvalue weighted by molar-refractivity contribution is 5.96. The molecule has 2 aromatic rings. The van der Waals surface area contributed by atoms with Crippen molar-refractivity contribution in [3.05, 3.63) is 70.8 Å². The number of Topliss-reactive ketones (excluding diaryl/α,β-unsaturated/α-hetero) is 1. The first-order valence-electron chi connectivity index (χ1n) is 6.68. The normalized spacial score (nSPS) is 11.4. The van der Waals surface area contributed by atoms with E-state index in [4.69, 9.17) is 0 Å². The third kappa shape index (κ3) is 3.94. The van der Waals surface area contributed by atoms with Crippen LogP contribution >= 0.6 is 0 Å². The second-order valence-electron chi connectivity index (χ2n) is 4.86. The van der Waals surface area contributed by atoms with Gasteiger partial charge >= 0.3 is 6.18 Å². The van der Waals surface area contributed by atoms with E-state index in [0.717, 1.165) is 17.7 Å². The molecule has 4 heteroatoms. The smallest absolute Gasteiger partial charge is 0.294 e. The van der Waals surface area contributed by atoms with Crippen LogP contribution in [0.15, 0.2) is 48.5 Å². The van der Waals surface area contributed by atoms with Crippen LogP contribution < -0.4 is 0 Å². The van der Waals surface area contributed by atoms with Crippen LogP contribution in [0.4, 0.5) is 13.2 Å². The molecule has 0 fully saturated rings. The molecule has 0 saturated heterocycles. The lowest BCUT2D eigenvalue weighted by molar-refractivity contribution is -0.137. The maximum atomic E-state index is 12.9. The first-order valence-corrected chi connectivity index (χ1v) is 6.68. The number of halogens is 3. The summed E-state index contributed by atoms with van der Waals surface area (Å²) in [7, 11) is 0. The third-order valence-corrected chi connectivity index (χ3v) is 3.21. The molecule has 0 saturated carbocycles. The predicted octanol–water partition coefficient (Wildman–Crippen LogP) is 4.89. The van der Waals surface area contributed by atoms with E-state index in [-0.39, 0.29) is 17.8 Å². The summed E-state index contributed by atoms with van der Waals surface area (Å²) in [6.07, 6.45) is -3.89. The summed E-state index contributed by atoms with van der Waals surface area (Å²) >= 11 is 0. The van der Waals surface area contributed by atoms with Gasteiger partial charge in [-0.3, -0.25) is 4.79 Å². The number of carbonyl (C=O) groups is 1. The minimum Gasteiger partial charge on any atom is -0.294 e. The number of rotatable bonds is 4. The van der Waals surface area contributed by atoms with Crippen molar-refractivity contribution in [3.8, 4) is 0 Å². The van der Waals surface area contributed by atoms with Crippen LogP contribution in [0.2, 0.25) is 0 Å². The molecule has 0 aliphatic heterocycles. The molecule has 110 valence electrons. The van der Waals surface area contributed by atoms with Crippen molar-refractivity contribution in [3.63, 3.8) is 0 Å². The van der Waals surface area contributed by atoms with Gasteiger partial charge in [0.05, 0.1) is 5.56 Å². The van der Waals surface area contributed by atoms with Gasteiger partial charge < -0.3 is 0 Å². The van der Waals surface area contributed by atoms with Gasteiger partial charge in [-0.25, -0.2) is 0 Å². The van der Waals surface area contributed by atoms with E-state index in [1.165, 1.54) is 0 Å². The largest absolute Gasteiger partial charge is 0.416 e. The summed E-state index contributed by atoms with van der Waals surface area (Å²) in [5, 5.41) is 0. The average molecular weight is 292 g/mol. The molecule has 0 aliphatic rings. The molecule has 0 N–H and O–H groups in total. The molecule has 0 aromatic heterocycles. The predicted molar refractivity (Wildman–Crippen MR) is 75.3 cm³/mol. The number of benzene rings is 2. The Balaban J connectivity index is 2.42. The van der Waals surface area contributed by atoms with Crippen LogP contribution in [0.1, 0.15) is 40.4 Å². The van der Waals surface area contributed by atoms with Crippen LogP contribution in [0.3, 0.4) is 0 Å². The second-order valence-corrected chi connectivity index (χ2v) is 4.86. The van der Waals surface area contributed by atoms with E-state index < -0.39 is 11.7 Å². The second kappa shape index (κ2) is 6.12. The zero-order chi connectivity index (χ0) is 15.5. The highest BCUT2D eigenvalue weighted by atomic mass is 19.4. The number of carbonyl (C=O) groups excluding carboxylic acids is 1. The Labute approximate surface area is 121 Å². The van der Waals surface area contributed by atoms with E-state index >= 15 is 0 Å². The first-order chi connectivity index (χ1) is 9.90. The quantitative estimate of drug-likeness (QED) is 0.733. The summed E-state index contributed by atoms with van der Waals surface area (Å²) in [6, 6.07) is 12.8.